The molecule has 0 aromatic rings. The number of hydrogen-bond acceptors (Lipinski definition) is 4. The molecule has 0 aromatic heterocycles. The maximum Gasteiger partial charge on any atom is 0.228 e. The van der Waals surface area contributed by atoms with Gasteiger partial charge in [-0.05, 0) is 25.9 Å². The predicted molar refractivity (Wildman–Crippen MR) is 65.4 cm³/mol. The molecule has 2 fully saturated rings. The van der Waals surface area contributed by atoms with Crippen LogP contribution in [0.4, 0.5) is 0 Å². The van der Waals surface area contributed by atoms with Crippen LogP contribution in [0.3, 0.4) is 0 Å². The van der Waals surface area contributed by atoms with Crippen LogP contribution in [0, 0.1) is 5.41 Å². The van der Waals surface area contributed by atoms with E-state index in [-0.39, 0.29) is 22.8 Å². The molecule has 0 aromatic carbocycles. The minimum absolute atomic E-state index is 0.118. The van der Waals surface area contributed by atoms with E-state index >= 15 is 0 Å². The van der Waals surface area contributed by atoms with E-state index in [4.69, 9.17) is 0 Å². The number of carbonyl (C=O) groups excluding carboxylic acids is 1. The van der Waals surface area contributed by atoms with Crippen LogP contribution in [0.25, 0.3) is 0 Å². The van der Waals surface area contributed by atoms with Crippen molar-refractivity contribution in [2.24, 2.45) is 5.41 Å². The molecular formula is C11H20N2O3S. The molecule has 6 heteroatoms. The Hall–Kier alpha value is -0.620. The maximum absolute atomic E-state index is 12.4. The van der Waals surface area contributed by atoms with Crippen molar-refractivity contribution in [1.82, 2.24) is 10.2 Å². The van der Waals surface area contributed by atoms with Crippen molar-refractivity contribution >= 4 is 15.7 Å². The molecule has 0 saturated carbocycles. The van der Waals surface area contributed by atoms with Gasteiger partial charge in [-0.15, -0.1) is 0 Å². The highest BCUT2D eigenvalue weighted by atomic mass is 32.2. The number of hydrogen-bond donors (Lipinski definition) is 1. The highest BCUT2D eigenvalue weighted by molar-refractivity contribution is 7.91. The summed E-state index contributed by atoms with van der Waals surface area (Å²) in [5.41, 5.74) is -0.299. The van der Waals surface area contributed by atoms with Crippen LogP contribution in [-0.2, 0) is 14.6 Å². The lowest BCUT2D eigenvalue weighted by Crippen LogP contribution is -2.52. The van der Waals surface area contributed by atoms with E-state index < -0.39 is 9.84 Å². The Morgan fingerprint density at radius 2 is 1.71 bits per heavy atom. The Bertz CT molecular complexity index is 385. The van der Waals surface area contributed by atoms with Gasteiger partial charge in [0.1, 0.15) is 0 Å². The molecule has 0 unspecified atom stereocenters. The number of amides is 1. The van der Waals surface area contributed by atoms with Crippen LogP contribution in [0.5, 0.6) is 0 Å². The van der Waals surface area contributed by atoms with Crippen molar-refractivity contribution in [3.8, 4) is 0 Å². The Balaban J connectivity index is 2.01. The van der Waals surface area contributed by atoms with Gasteiger partial charge in [-0.2, -0.15) is 0 Å². The van der Waals surface area contributed by atoms with Gasteiger partial charge in [-0.3, -0.25) is 4.79 Å². The molecule has 17 heavy (non-hydrogen) atoms. The van der Waals surface area contributed by atoms with Gasteiger partial charge in [0, 0.05) is 18.5 Å². The molecule has 1 amide bonds. The second kappa shape index (κ2) is 4.57. The molecule has 0 radical (unpaired) electrons. The van der Waals surface area contributed by atoms with Gasteiger partial charge < -0.3 is 10.2 Å². The van der Waals surface area contributed by atoms with E-state index in [1.165, 1.54) is 0 Å². The third kappa shape index (κ3) is 2.80. The van der Waals surface area contributed by atoms with Crippen molar-refractivity contribution in [3.05, 3.63) is 0 Å². The zero-order chi connectivity index (χ0) is 12.5. The van der Waals surface area contributed by atoms with Crippen molar-refractivity contribution in [1.29, 1.82) is 0 Å². The van der Waals surface area contributed by atoms with Gasteiger partial charge in [0.2, 0.25) is 5.91 Å². The standard InChI is InChI=1S/C11H20N2O3S/c1-11(2-4-12-5-3-11)10(14)13-6-8-17(15,16)9-7-13/h12H,2-9H2,1H3. The smallest absolute Gasteiger partial charge is 0.228 e. The Morgan fingerprint density at radius 3 is 2.24 bits per heavy atom. The second-order valence-electron chi connectivity index (χ2n) is 5.25. The summed E-state index contributed by atoms with van der Waals surface area (Å²) in [6, 6.07) is 0. The molecule has 2 saturated heterocycles. The van der Waals surface area contributed by atoms with Crippen LogP contribution < -0.4 is 5.32 Å². The largest absolute Gasteiger partial charge is 0.340 e. The fourth-order valence-corrected chi connectivity index (χ4v) is 3.69. The van der Waals surface area contributed by atoms with E-state index in [1.54, 1.807) is 4.90 Å². The summed E-state index contributed by atoms with van der Waals surface area (Å²) in [5, 5.41) is 3.24. The normalized spacial score (nSPS) is 27.7. The third-order valence-corrected chi connectivity index (χ3v) is 5.46. The van der Waals surface area contributed by atoms with E-state index in [0.717, 1.165) is 25.9 Å². The topological polar surface area (TPSA) is 66.5 Å². The highest BCUT2D eigenvalue weighted by Gasteiger charge is 2.39. The molecule has 0 aliphatic carbocycles. The van der Waals surface area contributed by atoms with Gasteiger partial charge in [0.05, 0.1) is 11.5 Å². The van der Waals surface area contributed by atoms with Crippen LogP contribution in [0.15, 0.2) is 0 Å². The van der Waals surface area contributed by atoms with Gasteiger partial charge in [-0.25, -0.2) is 8.42 Å². The van der Waals surface area contributed by atoms with Crippen molar-refractivity contribution < 1.29 is 13.2 Å². The monoisotopic (exact) mass is 260 g/mol. The number of nitrogens with zero attached hydrogens (tertiary/aromatic N) is 1. The van der Waals surface area contributed by atoms with E-state index in [2.05, 4.69) is 5.32 Å². The third-order valence-electron chi connectivity index (χ3n) is 3.86. The lowest BCUT2D eigenvalue weighted by molar-refractivity contribution is -0.142. The van der Waals surface area contributed by atoms with Crippen LogP contribution in [0.1, 0.15) is 19.8 Å². The molecule has 0 atom stereocenters. The van der Waals surface area contributed by atoms with Crippen molar-refractivity contribution in [3.63, 3.8) is 0 Å². The first kappa shape index (κ1) is 12.8. The molecule has 2 rings (SSSR count). The molecule has 98 valence electrons. The first-order valence-electron chi connectivity index (χ1n) is 6.14. The SMILES string of the molecule is CC1(C(=O)N2CCS(=O)(=O)CC2)CCNCC1. The van der Waals surface area contributed by atoms with Gasteiger partial charge >= 0.3 is 0 Å². The molecule has 2 heterocycles. The zero-order valence-electron chi connectivity index (χ0n) is 10.2. The lowest BCUT2D eigenvalue weighted by atomic mass is 9.79. The first-order chi connectivity index (χ1) is 7.93. The second-order valence-corrected chi connectivity index (χ2v) is 7.56. The number of rotatable bonds is 1. The van der Waals surface area contributed by atoms with Crippen molar-refractivity contribution in [2.45, 2.75) is 19.8 Å². The molecule has 0 bridgehead atoms. The summed E-state index contributed by atoms with van der Waals surface area (Å²) in [5.74, 6) is 0.369. The molecule has 5 nitrogen and oxygen atoms in total. The summed E-state index contributed by atoms with van der Waals surface area (Å²) in [6.45, 7) is 4.47. The first-order valence-corrected chi connectivity index (χ1v) is 7.96. The quantitative estimate of drug-likeness (QED) is 0.699. The summed E-state index contributed by atoms with van der Waals surface area (Å²) in [4.78, 5) is 14.1. The Labute approximate surface area is 102 Å². The molecular weight excluding hydrogens is 240 g/mol. The van der Waals surface area contributed by atoms with E-state index in [1.807, 2.05) is 6.92 Å². The Morgan fingerprint density at radius 1 is 1.18 bits per heavy atom. The fraction of sp³-hybridized carbons (Fsp3) is 0.909. The van der Waals surface area contributed by atoms with Crippen LogP contribution in [-0.4, -0.2) is 56.9 Å². The summed E-state index contributed by atoms with van der Waals surface area (Å²) in [7, 11) is -2.91. The minimum Gasteiger partial charge on any atom is -0.340 e. The number of piperidine rings is 1. The molecule has 1 N–H and O–H groups in total. The number of carbonyl (C=O) groups is 1. The van der Waals surface area contributed by atoms with Crippen molar-refractivity contribution in [2.75, 3.05) is 37.7 Å². The number of sulfone groups is 1. The van der Waals surface area contributed by atoms with Gasteiger partial charge in [0.25, 0.3) is 0 Å². The van der Waals surface area contributed by atoms with Crippen LogP contribution >= 0.6 is 0 Å². The summed E-state index contributed by atoms with van der Waals surface area (Å²) in [6.07, 6.45) is 1.68. The summed E-state index contributed by atoms with van der Waals surface area (Å²) < 4.78 is 22.7. The average Bonchev–Trinajstić information content (AvgIpc) is 2.29. The fourth-order valence-electron chi connectivity index (χ4n) is 2.49. The van der Waals surface area contributed by atoms with Gasteiger partial charge in [-0.1, -0.05) is 6.92 Å². The Kier molecular flexibility index (Phi) is 3.45. The van der Waals surface area contributed by atoms with E-state index in [9.17, 15) is 13.2 Å². The average molecular weight is 260 g/mol. The molecule has 0 spiro atoms. The predicted octanol–water partition coefficient (Wildman–Crippen LogP) is -0.367. The van der Waals surface area contributed by atoms with E-state index in [0.29, 0.717) is 13.1 Å². The van der Waals surface area contributed by atoms with Crippen LogP contribution in [0.2, 0.25) is 0 Å². The summed E-state index contributed by atoms with van der Waals surface area (Å²) >= 11 is 0. The highest BCUT2D eigenvalue weighted by Crippen LogP contribution is 2.30. The zero-order valence-corrected chi connectivity index (χ0v) is 11.1. The molecule has 2 aliphatic rings. The minimum atomic E-state index is -2.91. The van der Waals surface area contributed by atoms with Gasteiger partial charge in [0.15, 0.2) is 9.84 Å². The molecule has 2 aliphatic heterocycles. The maximum atomic E-state index is 12.4. The number of nitrogens with one attached hydrogen (secondary N) is 1. The lowest BCUT2D eigenvalue weighted by Gasteiger charge is -2.38.